The number of carbonyl (C=O) groups excluding carboxylic acids is 1. The summed E-state index contributed by atoms with van der Waals surface area (Å²) in [6.45, 7) is 5.27. The van der Waals surface area contributed by atoms with Crippen molar-refractivity contribution in [1.82, 2.24) is 4.90 Å². The minimum absolute atomic E-state index is 0.247. The summed E-state index contributed by atoms with van der Waals surface area (Å²) in [5, 5.41) is 0. The molecular weight excluding hydrogens is 401 g/mol. The minimum atomic E-state index is -0.445. The molecule has 0 saturated carbocycles. The molecule has 1 amide bonds. The fourth-order valence-corrected chi connectivity index (χ4v) is 2.34. The topological polar surface area (TPSA) is 57.2 Å². The van der Waals surface area contributed by atoms with Crippen LogP contribution < -0.4 is 9.47 Å². The van der Waals surface area contributed by atoms with Gasteiger partial charge in [-0.15, -0.1) is 0 Å². The van der Waals surface area contributed by atoms with Crippen LogP contribution in [-0.2, 0) is 9.47 Å². The van der Waals surface area contributed by atoms with Crippen LogP contribution in [0, 0.1) is 3.57 Å². The number of hydrogen-bond acceptors (Lipinski definition) is 5. The van der Waals surface area contributed by atoms with Crippen molar-refractivity contribution in [2.75, 3.05) is 33.9 Å². The standard InChI is InChI=1S/C15H22INO5/c1-5-17(6-2)15(18)22-13-8-11(16)7-12(9-13)21-10-14(19-3)20-4/h7-9,14H,5-6,10H2,1-4H3. The zero-order valence-electron chi connectivity index (χ0n) is 13.3. The number of halogens is 1. The molecule has 0 N–H and O–H groups in total. The summed E-state index contributed by atoms with van der Waals surface area (Å²) in [6.07, 6.45) is -0.816. The number of hydrogen-bond donors (Lipinski definition) is 0. The lowest BCUT2D eigenvalue weighted by molar-refractivity contribution is -0.122. The Bertz CT molecular complexity index is 475. The van der Waals surface area contributed by atoms with E-state index in [1.165, 1.54) is 0 Å². The van der Waals surface area contributed by atoms with Crippen LogP contribution >= 0.6 is 22.6 Å². The van der Waals surface area contributed by atoms with E-state index < -0.39 is 6.29 Å². The Morgan fingerprint density at radius 3 is 2.27 bits per heavy atom. The van der Waals surface area contributed by atoms with Gasteiger partial charge in [-0.05, 0) is 48.6 Å². The van der Waals surface area contributed by atoms with E-state index >= 15 is 0 Å². The van der Waals surface area contributed by atoms with E-state index in [1.807, 2.05) is 19.9 Å². The Morgan fingerprint density at radius 1 is 1.14 bits per heavy atom. The molecule has 0 heterocycles. The molecule has 6 nitrogen and oxygen atoms in total. The Kier molecular flexibility index (Phi) is 8.51. The molecule has 0 aliphatic heterocycles. The highest BCUT2D eigenvalue weighted by Crippen LogP contribution is 2.25. The summed E-state index contributed by atoms with van der Waals surface area (Å²) < 4.78 is 22.0. The van der Waals surface area contributed by atoms with Gasteiger partial charge in [0.1, 0.15) is 18.1 Å². The first kappa shape index (κ1) is 19.0. The highest BCUT2D eigenvalue weighted by Gasteiger charge is 2.13. The lowest BCUT2D eigenvalue weighted by Gasteiger charge is -2.18. The van der Waals surface area contributed by atoms with Gasteiger partial charge in [0.25, 0.3) is 0 Å². The van der Waals surface area contributed by atoms with Crippen molar-refractivity contribution in [3.63, 3.8) is 0 Å². The molecule has 0 fully saturated rings. The summed E-state index contributed by atoms with van der Waals surface area (Å²) in [6, 6.07) is 5.29. The third-order valence-corrected chi connectivity index (χ3v) is 3.61. The van der Waals surface area contributed by atoms with E-state index in [9.17, 15) is 4.79 Å². The zero-order valence-corrected chi connectivity index (χ0v) is 15.5. The maximum absolute atomic E-state index is 12.0. The van der Waals surface area contributed by atoms with Gasteiger partial charge in [-0.1, -0.05) is 0 Å². The van der Waals surface area contributed by atoms with E-state index in [2.05, 4.69) is 22.6 Å². The predicted octanol–water partition coefficient (Wildman–Crippen LogP) is 3.13. The maximum atomic E-state index is 12.0. The van der Waals surface area contributed by atoms with Crippen molar-refractivity contribution in [3.8, 4) is 11.5 Å². The molecule has 0 radical (unpaired) electrons. The van der Waals surface area contributed by atoms with Gasteiger partial charge in [-0.3, -0.25) is 0 Å². The normalized spacial score (nSPS) is 10.6. The van der Waals surface area contributed by atoms with Crippen LogP contribution in [0.1, 0.15) is 13.8 Å². The first-order valence-electron chi connectivity index (χ1n) is 6.99. The molecule has 124 valence electrons. The molecule has 22 heavy (non-hydrogen) atoms. The van der Waals surface area contributed by atoms with Crippen molar-refractivity contribution in [2.24, 2.45) is 0 Å². The molecule has 1 aromatic rings. The number of amides is 1. The Balaban J connectivity index is 2.75. The van der Waals surface area contributed by atoms with Crippen molar-refractivity contribution >= 4 is 28.7 Å². The SMILES string of the molecule is CCN(CC)C(=O)Oc1cc(I)cc(OCC(OC)OC)c1. The van der Waals surface area contributed by atoms with Crippen LogP contribution in [0.3, 0.4) is 0 Å². The smallest absolute Gasteiger partial charge is 0.415 e. The first-order chi connectivity index (χ1) is 10.5. The van der Waals surface area contributed by atoms with E-state index in [0.717, 1.165) is 3.57 Å². The van der Waals surface area contributed by atoms with Crippen molar-refractivity contribution < 1.29 is 23.7 Å². The van der Waals surface area contributed by atoms with Crippen molar-refractivity contribution in [2.45, 2.75) is 20.1 Å². The number of ether oxygens (including phenoxy) is 4. The molecular formula is C15H22INO5. The van der Waals surface area contributed by atoms with Gasteiger partial charge < -0.3 is 23.8 Å². The monoisotopic (exact) mass is 423 g/mol. The molecule has 0 atom stereocenters. The molecule has 0 aliphatic carbocycles. The zero-order chi connectivity index (χ0) is 16.5. The second-order valence-corrected chi connectivity index (χ2v) is 5.62. The third-order valence-electron chi connectivity index (χ3n) is 2.98. The lowest BCUT2D eigenvalue weighted by atomic mass is 10.3. The molecule has 0 bridgehead atoms. The number of carbonyl (C=O) groups is 1. The van der Waals surface area contributed by atoms with Gasteiger partial charge in [0.05, 0.1) is 0 Å². The summed E-state index contributed by atoms with van der Waals surface area (Å²) in [5.74, 6) is 1.04. The Morgan fingerprint density at radius 2 is 1.73 bits per heavy atom. The van der Waals surface area contributed by atoms with Crippen molar-refractivity contribution in [3.05, 3.63) is 21.8 Å². The summed E-state index contributed by atoms with van der Waals surface area (Å²) in [7, 11) is 3.09. The van der Waals surface area contributed by atoms with Gasteiger partial charge in [-0.25, -0.2) is 4.79 Å². The molecule has 0 saturated heterocycles. The highest BCUT2D eigenvalue weighted by molar-refractivity contribution is 14.1. The Labute approximate surface area is 144 Å². The maximum Gasteiger partial charge on any atom is 0.415 e. The van der Waals surface area contributed by atoms with Crippen LogP contribution in [0.25, 0.3) is 0 Å². The van der Waals surface area contributed by atoms with Gasteiger partial charge in [0, 0.05) is 36.9 Å². The van der Waals surface area contributed by atoms with E-state index in [1.54, 1.807) is 31.3 Å². The molecule has 0 aromatic heterocycles. The van der Waals surface area contributed by atoms with E-state index in [4.69, 9.17) is 18.9 Å². The fourth-order valence-electron chi connectivity index (χ4n) is 1.72. The van der Waals surface area contributed by atoms with Gasteiger partial charge in [0.15, 0.2) is 6.29 Å². The summed E-state index contributed by atoms with van der Waals surface area (Å²) in [5.41, 5.74) is 0. The van der Waals surface area contributed by atoms with Gasteiger partial charge in [0.2, 0.25) is 0 Å². The fraction of sp³-hybridized carbons (Fsp3) is 0.533. The summed E-state index contributed by atoms with van der Waals surface area (Å²) >= 11 is 2.14. The second-order valence-electron chi connectivity index (χ2n) is 4.37. The van der Waals surface area contributed by atoms with Crippen LogP contribution in [-0.4, -0.2) is 51.2 Å². The second kappa shape index (κ2) is 9.86. The highest BCUT2D eigenvalue weighted by atomic mass is 127. The van der Waals surface area contributed by atoms with E-state index in [0.29, 0.717) is 24.6 Å². The molecule has 1 rings (SSSR count). The van der Waals surface area contributed by atoms with Crippen LogP contribution in [0.5, 0.6) is 11.5 Å². The largest absolute Gasteiger partial charge is 0.488 e. The predicted molar refractivity (Wildman–Crippen MR) is 91.4 cm³/mol. The van der Waals surface area contributed by atoms with Gasteiger partial charge >= 0.3 is 6.09 Å². The molecule has 0 spiro atoms. The number of rotatable bonds is 8. The average molecular weight is 423 g/mol. The third kappa shape index (κ3) is 5.98. The number of methoxy groups -OCH3 is 2. The average Bonchev–Trinajstić information content (AvgIpc) is 2.49. The summed E-state index contributed by atoms with van der Waals surface area (Å²) in [4.78, 5) is 13.6. The van der Waals surface area contributed by atoms with Gasteiger partial charge in [-0.2, -0.15) is 0 Å². The molecule has 0 unspecified atom stereocenters. The van der Waals surface area contributed by atoms with Crippen LogP contribution in [0.2, 0.25) is 0 Å². The lowest BCUT2D eigenvalue weighted by Crippen LogP contribution is -2.33. The molecule has 0 aliphatic rings. The Hall–Kier alpha value is -1.06. The quantitative estimate of drug-likeness (QED) is 0.475. The van der Waals surface area contributed by atoms with Crippen LogP contribution in [0.15, 0.2) is 18.2 Å². The first-order valence-corrected chi connectivity index (χ1v) is 8.07. The minimum Gasteiger partial charge on any atom is -0.488 e. The van der Waals surface area contributed by atoms with Crippen molar-refractivity contribution in [1.29, 1.82) is 0 Å². The number of benzene rings is 1. The van der Waals surface area contributed by atoms with Crippen LogP contribution in [0.4, 0.5) is 4.79 Å². The molecule has 7 heteroatoms. The molecule has 1 aromatic carbocycles. The number of nitrogens with zero attached hydrogens (tertiary/aromatic N) is 1. The van der Waals surface area contributed by atoms with E-state index in [-0.39, 0.29) is 12.7 Å².